The SMILES string of the molecule is CSC1CCCC1NC(=O)NC1CCCC1C(=O)O. The number of nitrogens with one attached hydrogen (secondary N) is 2. The fraction of sp³-hybridized carbons (Fsp3) is 0.846. The average Bonchev–Trinajstić information content (AvgIpc) is 2.97. The van der Waals surface area contributed by atoms with Crippen LogP contribution in [0, 0.1) is 5.92 Å². The summed E-state index contributed by atoms with van der Waals surface area (Å²) in [6, 6.07) is -0.199. The normalized spacial score (nSPS) is 34.2. The fourth-order valence-corrected chi connectivity index (χ4v) is 4.12. The highest BCUT2D eigenvalue weighted by molar-refractivity contribution is 7.99. The molecule has 6 heteroatoms. The lowest BCUT2D eigenvalue weighted by Gasteiger charge is -2.22. The van der Waals surface area contributed by atoms with Crippen LogP contribution in [0.3, 0.4) is 0 Å². The van der Waals surface area contributed by atoms with E-state index < -0.39 is 11.9 Å². The second-order valence-corrected chi connectivity index (χ2v) is 6.49. The predicted octanol–water partition coefficient (Wildman–Crippen LogP) is 1.82. The van der Waals surface area contributed by atoms with Crippen molar-refractivity contribution in [2.75, 3.05) is 6.26 Å². The Balaban J connectivity index is 1.82. The molecule has 2 amide bonds. The van der Waals surface area contributed by atoms with Crippen molar-refractivity contribution in [2.24, 2.45) is 5.92 Å². The van der Waals surface area contributed by atoms with E-state index in [1.165, 1.54) is 0 Å². The largest absolute Gasteiger partial charge is 0.481 e. The van der Waals surface area contributed by atoms with E-state index in [1.54, 1.807) is 11.8 Å². The maximum Gasteiger partial charge on any atom is 0.315 e. The molecule has 2 aliphatic carbocycles. The number of hydrogen-bond donors (Lipinski definition) is 3. The first-order valence-electron chi connectivity index (χ1n) is 6.94. The van der Waals surface area contributed by atoms with Crippen LogP contribution in [0.15, 0.2) is 0 Å². The van der Waals surface area contributed by atoms with Crippen molar-refractivity contribution < 1.29 is 14.7 Å². The number of carbonyl (C=O) groups is 2. The summed E-state index contributed by atoms with van der Waals surface area (Å²) in [5.41, 5.74) is 0. The lowest BCUT2D eigenvalue weighted by Crippen LogP contribution is -2.49. The van der Waals surface area contributed by atoms with Gasteiger partial charge in [-0.05, 0) is 31.9 Å². The second kappa shape index (κ2) is 6.50. The van der Waals surface area contributed by atoms with E-state index in [1.807, 2.05) is 0 Å². The molecule has 0 radical (unpaired) electrons. The number of carbonyl (C=O) groups excluding carboxylic acids is 1. The number of thioether (sulfide) groups is 1. The van der Waals surface area contributed by atoms with Gasteiger partial charge in [-0.1, -0.05) is 12.8 Å². The van der Waals surface area contributed by atoms with E-state index in [0.717, 1.165) is 32.1 Å². The standard InChI is InChI=1S/C13H22N2O3S/c1-19-11-7-3-6-10(11)15-13(18)14-9-5-2-4-8(9)12(16)17/h8-11H,2-7H2,1H3,(H,16,17)(H2,14,15,18). The van der Waals surface area contributed by atoms with E-state index in [9.17, 15) is 9.59 Å². The summed E-state index contributed by atoms with van der Waals surface area (Å²) in [7, 11) is 0. The van der Waals surface area contributed by atoms with Gasteiger partial charge in [0.15, 0.2) is 0 Å². The molecule has 0 saturated heterocycles. The second-order valence-electron chi connectivity index (χ2n) is 5.41. The minimum atomic E-state index is -0.800. The molecule has 19 heavy (non-hydrogen) atoms. The summed E-state index contributed by atoms with van der Waals surface area (Å²) >= 11 is 1.79. The summed E-state index contributed by atoms with van der Waals surface area (Å²) < 4.78 is 0. The number of amides is 2. The number of rotatable bonds is 4. The first-order chi connectivity index (χ1) is 9.11. The minimum Gasteiger partial charge on any atom is -0.481 e. The monoisotopic (exact) mass is 286 g/mol. The lowest BCUT2D eigenvalue weighted by molar-refractivity contribution is -0.142. The summed E-state index contributed by atoms with van der Waals surface area (Å²) in [5.74, 6) is -1.23. The summed E-state index contributed by atoms with van der Waals surface area (Å²) in [4.78, 5) is 23.0. The zero-order valence-corrected chi connectivity index (χ0v) is 12.0. The molecule has 3 N–H and O–H groups in total. The lowest BCUT2D eigenvalue weighted by atomic mass is 10.0. The Labute approximate surface area is 117 Å². The first-order valence-corrected chi connectivity index (χ1v) is 8.23. The van der Waals surface area contributed by atoms with Crippen molar-refractivity contribution in [1.82, 2.24) is 10.6 Å². The van der Waals surface area contributed by atoms with Crippen molar-refractivity contribution >= 4 is 23.8 Å². The van der Waals surface area contributed by atoms with Crippen LogP contribution in [0.25, 0.3) is 0 Å². The van der Waals surface area contributed by atoms with Crippen LogP contribution in [-0.4, -0.2) is 40.7 Å². The third-order valence-corrected chi connectivity index (χ3v) is 5.39. The summed E-state index contributed by atoms with van der Waals surface area (Å²) in [6.45, 7) is 0. The molecule has 0 aromatic rings. The zero-order valence-electron chi connectivity index (χ0n) is 11.2. The van der Waals surface area contributed by atoms with Crippen molar-refractivity contribution in [3.05, 3.63) is 0 Å². The van der Waals surface area contributed by atoms with Gasteiger partial charge >= 0.3 is 12.0 Å². The van der Waals surface area contributed by atoms with Gasteiger partial charge < -0.3 is 15.7 Å². The Morgan fingerprint density at radius 1 is 1.05 bits per heavy atom. The highest BCUT2D eigenvalue weighted by atomic mass is 32.2. The molecule has 2 aliphatic rings. The van der Waals surface area contributed by atoms with Gasteiger partial charge in [-0.2, -0.15) is 11.8 Å². The van der Waals surface area contributed by atoms with Crippen LogP contribution >= 0.6 is 11.8 Å². The van der Waals surface area contributed by atoms with Crippen LogP contribution in [0.4, 0.5) is 4.79 Å². The molecule has 0 aromatic heterocycles. The van der Waals surface area contributed by atoms with Crippen LogP contribution in [-0.2, 0) is 4.79 Å². The van der Waals surface area contributed by atoms with Gasteiger partial charge in [0.2, 0.25) is 0 Å². The summed E-state index contributed by atoms with van der Waals surface area (Å²) in [5, 5.41) is 15.4. The molecule has 2 saturated carbocycles. The van der Waals surface area contributed by atoms with Gasteiger partial charge in [0, 0.05) is 17.3 Å². The molecule has 2 fully saturated rings. The molecule has 0 spiro atoms. The molecule has 0 bridgehead atoms. The highest BCUT2D eigenvalue weighted by Crippen LogP contribution is 2.29. The molecule has 0 aliphatic heterocycles. The maximum atomic E-state index is 12.0. The quantitative estimate of drug-likeness (QED) is 0.736. The Kier molecular flexibility index (Phi) is 4.96. The maximum absolute atomic E-state index is 12.0. The van der Waals surface area contributed by atoms with Crippen LogP contribution in [0.2, 0.25) is 0 Å². The summed E-state index contributed by atoms with van der Waals surface area (Å²) in [6.07, 6.45) is 7.69. The Bertz CT molecular complexity index is 351. The predicted molar refractivity (Wildman–Crippen MR) is 75.4 cm³/mol. The van der Waals surface area contributed by atoms with Gasteiger partial charge in [-0.15, -0.1) is 0 Å². The smallest absolute Gasteiger partial charge is 0.315 e. The molecule has 4 atom stereocenters. The van der Waals surface area contributed by atoms with E-state index in [2.05, 4.69) is 16.9 Å². The molecule has 5 nitrogen and oxygen atoms in total. The molecule has 0 heterocycles. The Hall–Kier alpha value is -0.910. The topological polar surface area (TPSA) is 78.4 Å². The van der Waals surface area contributed by atoms with Gasteiger partial charge in [0.05, 0.1) is 5.92 Å². The fourth-order valence-electron chi connectivity index (χ4n) is 3.18. The van der Waals surface area contributed by atoms with E-state index >= 15 is 0 Å². The van der Waals surface area contributed by atoms with Crippen LogP contribution in [0.5, 0.6) is 0 Å². The van der Waals surface area contributed by atoms with Crippen molar-refractivity contribution in [1.29, 1.82) is 0 Å². The third kappa shape index (κ3) is 3.55. The molecule has 108 valence electrons. The number of carboxylic acid groups (broad SMARTS) is 1. The Morgan fingerprint density at radius 3 is 2.37 bits per heavy atom. The van der Waals surface area contributed by atoms with E-state index in [0.29, 0.717) is 11.7 Å². The number of aliphatic carboxylic acids is 1. The van der Waals surface area contributed by atoms with Crippen molar-refractivity contribution in [2.45, 2.75) is 55.9 Å². The molecular weight excluding hydrogens is 264 g/mol. The van der Waals surface area contributed by atoms with Crippen molar-refractivity contribution in [3.8, 4) is 0 Å². The molecule has 0 aromatic carbocycles. The highest BCUT2D eigenvalue weighted by Gasteiger charge is 2.35. The minimum absolute atomic E-state index is 0.205. The van der Waals surface area contributed by atoms with E-state index in [-0.39, 0.29) is 18.1 Å². The molecular formula is C13H22N2O3S. The van der Waals surface area contributed by atoms with Gasteiger partial charge in [-0.3, -0.25) is 4.79 Å². The average molecular weight is 286 g/mol. The van der Waals surface area contributed by atoms with Crippen LogP contribution < -0.4 is 10.6 Å². The van der Waals surface area contributed by atoms with Crippen molar-refractivity contribution in [3.63, 3.8) is 0 Å². The van der Waals surface area contributed by atoms with Gasteiger partial charge in [-0.25, -0.2) is 4.79 Å². The molecule has 2 rings (SSSR count). The van der Waals surface area contributed by atoms with Gasteiger partial charge in [0.1, 0.15) is 0 Å². The van der Waals surface area contributed by atoms with Gasteiger partial charge in [0.25, 0.3) is 0 Å². The number of carboxylic acids is 1. The first kappa shape index (κ1) is 14.5. The Morgan fingerprint density at radius 2 is 1.68 bits per heavy atom. The third-order valence-electron chi connectivity index (χ3n) is 4.22. The van der Waals surface area contributed by atoms with E-state index in [4.69, 9.17) is 5.11 Å². The zero-order chi connectivity index (χ0) is 13.8. The number of hydrogen-bond acceptors (Lipinski definition) is 3. The molecule has 4 unspecified atom stereocenters. The van der Waals surface area contributed by atoms with Crippen LogP contribution in [0.1, 0.15) is 38.5 Å². The number of urea groups is 1.